The van der Waals surface area contributed by atoms with E-state index in [-0.39, 0.29) is 24.2 Å². The van der Waals surface area contributed by atoms with Gasteiger partial charge in [0.05, 0.1) is 0 Å². The minimum atomic E-state index is -0.148. The molecule has 0 radical (unpaired) electrons. The van der Waals surface area contributed by atoms with Crippen LogP contribution in [0.15, 0.2) is 28.7 Å². The third-order valence-corrected chi connectivity index (χ3v) is 3.73. The Kier molecular flexibility index (Phi) is 7.71. The Morgan fingerprint density at radius 3 is 2.43 bits per heavy atom. The van der Waals surface area contributed by atoms with Crippen molar-refractivity contribution in [3.8, 4) is 0 Å². The molecule has 1 fully saturated rings. The Bertz CT molecular complexity index is 476. The van der Waals surface area contributed by atoms with E-state index < -0.39 is 0 Å². The van der Waals surface area contributed by atoms with Gasteiger partial charge in [-0.3, -0.25) is 9.59 Å². The van der Waals surface area contributed by atoms with Gasteiger partial charge in [-0.25, -0.2) is 0 Å². The van der Waals surface area contributed by atoms with Gasteiger partial charge in [0, 0.05) is 49.2 Å². The van der Waals surface area contributed by atoms with E-state index in [1.807, 2.05) is 17.0 Å². The first-order valence-corrected chi connectivity index (χ1v) is 7.48. The number of hydrogen-bond donors (Lipinski definition) is 2. The number of carbonyl (C=O) groups excluding carboxylic acids is 2. The summed E-state index contributed by atoms with van der Waals surface area (Å²) >= 11 is 3.32. The molecule has 2 amide bonds. The molecule has 0 aromatic heterocycles. The van der Waals surface area contributed by atoms with Gasteiger partial charge in [0.1, 0.15) is 0 Å². The summed E-state index contributed by atoms with van der Waals surface area (Å²) in [5.41, 5.74) is 0.600. The van der Waals surface area contributed by atoms with E-state index in [1.54, 1.807) is 12.1 Å². The van der Waals surface area contributed by atoms with Crippen LogP contribution in [0.5, 0.6) is 0 Å². The standard InChI is InChI=1S/C14H18BrN3O2.ClH/c15-12-3-1-11(2-4-12)14(20)17-6-5-13(19)18-9-7-16-8-10-18;/h1-4,16H,5-10H2,(H,17,20);1H. The molecule has 1 saturated heterocycles. The maximum Gasteiger partial charge on any atom is 0.251 e. The zero-order chi connectivity index (χ0) is 14.4. The quantitative estimate of drug-likeness (QED) is 0.835. The van der Waals surface area contributed by atoms with Crippen LogP contribution in [-0.2, 0) is 4.79 Å². The Labute approximate surface area is 139 Å². The van der Waals surface area contributed by atoms with E-state index in [2.05, 4.69) is 26.6 Å². The molecule has 1 aliphatic heterocycles. The van der Waals surface area contributed by atoms with Gasteiger partial charge >= 0.3 is 0 Å². The minimum absolute atomic E-state index is 0. The molecular weight excluding hydrogens is 358 g/mol. The molecule has 0 saturated carbocycles. The predicted molar refractivity (Wildman–Crippen MR) is 87.8 cm³/mol. The Hall–Kier alpha value is -1.11. The number of halogens is 2. The van der Waals surface area contributed by atoms with Crippen LogP contribution in [0.4, 0.5) is 0 Å². The number of benzene rings is 1. The normalized spacial score (nSPS) is 14.2. The Morgan fingerprint density at radius 2 is 1.81 bits per heavy atom. The highest BCUT2D eigenvalue weighted by Crippen LogP contribution is 2.10. The van der Waals surface area contributed by atoms with Crippen LogP contribution in [0.25, 0.3) is 0 Å². The number of rotatable bonds is 4. The molecule has 1 aromatic carbocycles. The van der Waals surface area contributed by atoms with Gasteiger partial charge in [0.25, 0.3) is 5.91 Å². The molecular formula is C14H19BrClN3O2. The number of carbonyl (C=O) groups is 2. The van der Waals surface area contributed by atoms with Gasteiger partial charge < -0.3 is 15.5 Å². The van der Waals surface area contributed by atoms with Crippen molar-refractivity contribution in [3.63, 3.8) is 0 Å². The molecule has 0 spiro atoms. The molecule has 2 N–H and O–H groups in total. The van der Waals surface area contributed by atoms with Crippen LogP contribution < -0.4 is 10.6 Å². The maximum atomic E-state index is 11.9. The summed E-state index contributed by atoms with van der Waals surface area (Å²) in [5.74, 6) is -0.0479. The molecule has 5 nitrogen and oxygen atoms in total. The molecule has 1 heterocycles. The first-order chi connectivity index (χ1) is 9.66. The summed E-state index contributed by atoms with van der Waals surface area (Å²) < 4.78 is 0.933. The van der Waals surface area contributed by atoms with Crippen molar-refractivity contribution < 1.29 is 9.59 Å². The molecule has 2 rings (SSSR count). The molecule has 0 aliphatic carbocycles. The van der Waals surface area contributed by atoms with Gasteiger partial charge in [-0.15, -0.1) is 12.4 Å². The van der Waals surface area contributed by atoms with Gasteiger partial charge in [-0.1, -0.05) is 15.9 Å². The lowest BCUT2D eigenvalue weighted by Gasteiger charge is -2.27. The summed E-state index contributed by atoms with van der Waals surface area (Å²) in [6.07, 6.45) is 0.349. The monoisotopic (exact) mass is 375 g/mol. The van der Waals surface area contributed by atoms with Crippen molar-refractivity contribution in [3.05, 3.63) is 34.3 Å². The highest BCUT2D eigenvalue weighted by Gasteiger charge is 2.15. The highest BCUT2D eigenvalue weighted by molar-refractivity contribution is 9.10. The zero-order valence-electron chi connectivity index (χ0n) is 11.6. The maximum absolute atomic E-state index is 11.9. The third kappa shape index (κ3) is 5.65. The van der Waals surface area contributed by atoms with Crippen molar-refractivity contribution >= 4 is 40.2 Å². The Balaban J connectivity index is 0.00000220. The molecule has 7 heteroatoms. The Morgan fingerprint density at radius 1 is 1.19 bits per heavy atom. The molecule has 0 atom stereocenters. The number of nitrogens with zero attached hydrogens (tertiary/aromatic N) is 1. The number of piperazine rings is 1. The van der Waals surface area contributed by atoms with Gasteiger partial charge in [0.2, 0.25) is 5.91 Å². The number of nitrogens with one attached hydrogen (secondary N) is 2. The second kappa shape index (κ2) is 9.02. The molecule has 1 aliphatic rings. The van der Waals surface area contributed by atoms with Crippen LogP contribution in [0, 0.1) is 0 Å². The van der Waals surface area contributed by atoms with Crippen molar-refractivity contribution in [1.29, 1.82) is 0 Å². The fourth-order valence-electron chi connectivity index (χ4n) is 2.06. The molecule has 0 unspecified atom stereocenters. The minimum Gasteiger partial charge on any atom is -0.352 e. The van der Waals surface area contributed by atoms with E-state index >= 15 is 0 Å². The smallest absolute Gasteiger partial charge is 0.251 e. The molecule has 21 heavy (non-hydrogen) atoms. The van der Waals surface area contributed by atoms with Crippen LogP contribution in [-0.4, -0.2) is 49.4 Å². The molecule has 0 bridgehead atoms. The van der Waals surface area contributed by atoms with E-state index in [9.17, 15) is 9.59 Å². The van der Waals surface area contributed by atoms with Crippen LogP contribution >= 0.6 is 28.3 Å². The molecule has 116 valence electrons. The van der Waals surface area contributed by atoms with Crippen LogP contribution in [0.3, 0.4) is 0 Å². The molecule has 1 aromatic rings. The van der Waals surface area contributed by atoms with Crippen molar-refractivity contribution in [1.82, 2.24) is 15.5 Å². The van der Waals surface area contributed by atoms with Gasteiger partial charge in [0.15, 0.2) is 0 Å². The average molecular weight is 377 g/mol. The highest BCUT2D eigenvalue weighted by atomic mass is 79.9. The number of hydrogen-bond acceptors (Lipinski definition) is 3. The summed E-state index contributed by atoms with van der Waals surface area (Å²) in [6, 6.07) is 7.14. The van der Waals surface area contributed by atoms with Crippen molar-refractivity contribution in [2.75, 3.05) is 32.7 Å². The summed E-state index contributed by atoms with van der Waals surface area (Å²) in [6.45, 7) is 3.56. The van der Waals surface area contributed by atoms with E-state index in [0.29, 0.717) is 18.5 Å². The van der Waals surface area contributed by atoms with Crippen molar-refractivity contribution in [2.24, 2.45) is 0 Å². The predicted octanol–water partition coefficient (Wildman–Crippen LogP) is 1.42. The van der Waals surface area contributed by atoms with Crippen molar-refractivity contribution in [2.45, 2.75) is 6.42 Å². The SMILES string of the molecule is Cl.O=C(NCCC(=O)N1CCNCC1)c1ccc(Br)cc1. The first-order valence-electron chi connectivity index (χ1n) is 6.69. The van der Waals surface area contributed by atoms with Crippen LogP contribution in [0.2, 0.25) is 0 Å². The number of amides is 2. The van der Waals surface area contributed by atoms with Crippen LogP contribution in [0.1, 0.15) is 16.8 Å². The first kappa shape index (κ1) is 17.9. The van der Waals surface area contributed by atoms with E-state index in [0.717, 1.165) is 30.7 Å². The largest absolute Gasteiger partial charge is 0.352 e. The van der Waals surface area contributed by atoms with E-state index in [1.165, 1.54) is 0 Å². The summed E-state index contributed by atoms with van der Waals surface area (Å²) in [7, 11) is 0. The second-order valence-electron chi connectivity index (χ2n) is 4.64. The summed E-state index contributed by atoms with van der Waals surface area (Å²) in [4.78, 5) is 25.6. The third-order valence-electron chi connectivity index (χ3n) is 3.20. The summed E-state index contributed by atoms with van der Waals surface area (Å²) in [5, 5.41) is 5.97. The van der Waals surface area contributed by atoms with E-state index in [4.69, 9.17) is 0 Å². The lowest BCUT2D eigenvalue weighted by molar-refractivity contribution is -0.131. The second-order valence-corrected chi connectivity index (χ2v) is 5.56. The fraction of sp³-hybridized carbons (Fsp3) is 0.429. The fourth-order valence-corrected chi connectivity index (χ4v) is 2.32. The van der Waals surface area contributed by atoms with Gasteiger partial charge in [-0.05, 0) is 24.3 Å². The lowest BCUT2D eigenvalue weighted by atomic mass is 10.2. The lowest BCUT2D eigenvalue weighted by Crippen LogP contribution is -2.47. The topological polar surface area (TPSA) is 61.4 Å². The average Bonchev–Trinajstić information content (AvgIpc) is 2.48. The zero-order valence-corrected chi connectivity index (χ0v) is 14.0. The van der Waals surface area contributed by atoms with Gasteiger partial charge in [-0.2, -0.15) is 0 Å².